The molecule has 1 atom stereocenters. The van der Waals surface area contributed by atoms with Crippen molar-refractivity contribution < 1.29 is 35.2 Å². The van der Waals surface area contributed by atoms with Crippen molar-refractivity contribution in [3.05, 3.63) is 46.7 Å². The van der Waals surface area contributed by atoms with Crippen molar-refractivity contribution in [2.45, 2.75) is 22.4 Å². The Morgan fingerprint density at radius 2 is 1.93 bits per heavy atom. The van der Waals surface area contributed by atoms with Crippen LogP contribution in [0.15, 0.2) is 29.3 Å². The molecule has 2 aromatic rings. The molecule has 0 aliphatic carbocycles. The summed E-state index contributed by atoms with van der Waals surface area (Å²) in [6.07, 6.45) is -4.29. The van der Waals surface area contributed by atoms with Gasteiger partial charge in [-0.15, -0.1) is 11.8 Å². The number of hydrogen-bond acceptors (Lipinski definition) is 4. The molecular formula is C16H13ClF5N3O3S2. The molecule has 0 saturated carbocycles. The second-order valence-electron chi connectivity index (χ2n) is 6.38. The van der Waals surface area contributed by atoms with Crippen LogP contribution in [-0.4, -0.2) is 35.7 Å². The molecule has 30 heavy (non-hydrogen) atoms. The van der Waals surface area contributed by atoms with Gasteiger partial charge in [-0.25, -0.2) is 17.2 Å². The molecule has 164 valence electrons. The normalized spacial score (nSPS) is 19.4. The van der Waals surface area contributed by atoms with Crippen molar-refractivity contribution in [2.75, 3.05) is 11.1 Å². The minimum atomic E-state index is -4.81. The van der Waals surface area contributed by atoms with E-state index in [1.54, 1.807) is 4.72 Å². The topological polar surface area (TPSA) is 80.2 Å². The number of rotatable bonds is 5. The number of alkyl halides is 3. The van der Waals surface area contributed by atoms with Crippen LogP contribution < -0.4 is 10.0 Å². The van der Waals surface area contributed by atoms with Crippen molar-refractivity contribution in [3.8, 4) is 0 Å². The highest BCUT2D eigenvalue weighted by molar-refractivity contribution is 8.03. The average molecular weight is 490 g/mol. The number of sulfonamides is 1. The second-order valence-corrected chi connectivity index (χ2v) is 9.83. The van der Waals surface area contributed by atoms with E-state index >= 15 is 0 Å². The number of halogens is 6. The van der Waals surface area contributed by atoms with E-state index in [9.17, 15) is 35.2 Å². The van der Waals surface area contributed by atoms with E-state index in [2.05, 4.69) is 5.32 Å². The molecule has 1 aromatic heterocycles. The third kappa shape index (κ3) is 4.03. The van der Waals surface area contributed by atoms with Gasteiger partial charge in [-0.05, 0) is 30.4 Å². The summed E-state index contributed by atoms with van der Waals surface area (Å²) in [5, 5.41) is 1.26. The summed E-state index contributed by atoms with van der Waals surface area (Å²) in [6, 6.07) is 2.57. The fourth-order valence-corrected chi connectivity index (χ4v) is 5.50. The van der Waals surface area contributed by atoms with E-state index in [0.29, 0.717) is 11.8 Å². The van der Waals surface area contributed by atoms with Gasteiger partial charge in [0.1, 0.15) is 21.4 Å². The summed E-state index contributed by atoms with van der Waals surface area (Å²) >= 11 is 5.86. The van der Waals surface area contributed by atoms with Crippen molar-refractivity contribution in [3.63, 3.8) is 0 Å². The first kappa shape index (κ1) is 22.8. The smallest absolute Gasteiger partial charge is 0.345 e. The van der Waals surface area contributed by atoms with Crippen LogP contribution in [0.2, 0.25) is 5.02 Å². The first-order valence-electron chi connectivity index (χ1n) is 8.13. The van der Waals surface area contributed by atoms with E-state index in [4.69, 9.17) is 11.6 Å². The molecule has 14 heteroatoms. The van der Waals surface area contributed by atoms with Crippen LogP contribution in [0.5, 0.6) is 0 Å². The summed E-state index contributed by atoms with van der Waals surface area (Å²) in [7, 11) is -3.35. The van der Waals surface area contributed by atoms with Crippen LogP contribution in [0, 0.1) is 11.6 Å². The first-order valence-corrected chi connectivity index (χ1v) is 11.0. The molecule has 0 bridgehead atoms. The van der Waals surface area contributed by atoms with Crippen LogP contribution >= 0.6 is 23.4 Å². The lowest BCUT2D eigenvalue weighted by atomic mass is 10.2. The first-order chi connectivity index (χ1) is 13.8. The van der Waals surface area contributed by atoms with Gasteiger partial charge >= 0.3 is 6.18 Å². The molecule has 6 nitrogen and oxygen atoms in total. The molecule has 1 saturated heterocycles. The fourth-order valence-electron chi connectivity index (χ4n) is 2.66. The molecule has 1 amide bonds. The predicted octanol–water partition coefficient (Wildman–Crippen LogP) is 3.88. The van der Waals surface area contributed by atoms with Crippen LogP contribution in [0.3, 0.4) is 0 Å². The van der Waals surface area contributed by atoms with Crippen LogP contribution in [-0.2, 0) is 17.1 Å². The Bertz CT molecular complexity index is 1110. The van der Waals surface area contributed by atoms with Crippen LogP contribution in [0.4, 0.5) is 27.6 Å². The summed E-state index contributed by atoms with van der Waals surface area (Å²) in [4.78, 5) is 9.19. The molecule has 2 heterocycles. The Labute approximate surface area is 176 Å². The zero-order valence-electron chi connectivity index (χ0n) is 15.0. The lowest BCUT2D eigenvalue weighted by Crippen LogP contribution is -2.60. The largest absolute Gasteiger partial charge is 0.417 e. The van der Waals surface area contributed by atoms with Crippen molar-refractivity contribution in [1.82, 2.24) is 9.29 Å². The van der Waals surface area contributed by atoms with E-state index < -0.39 is 60.6 Å². The maximum Gasteiger partial charge on any atom is 0.417 e. The van der Waals surface area contributed by atoms with E-state index in [1.165, 1.54) is 7.05 Å². The summed E-state index contributed by atoms with van der Waals surface area (Å²) < 4.78 is 94.7. The monoisotopic (exact) mass is 489 g/mol. The Morgan fingerprint density at radius 3 is 2.47 bits per heavy atom. The number of aromatic nitrogens is 1. The van der Waals surface area contributed by atoms with Gasteiger partial charge in [0.25, 0.3) is 5.91 Å². The van der Waals surface area contributed by atoms with Crippen molar-refractivity contribution in [2.24, 2.45) is 7.05 Å². The number of nitrogens with zero attached hydrogens (tertiary/aromatic N) is 1. The molecule has 1 aliphatic rings. The van der Waals surface area contributed by atoms with Gasteiger partial charge in [-0.3, -0.25) is 4.79 Å². The third-order valence-corrected chi connectivity index (χ3v) is 7.74. The molecule has 1 aliphatic heterocycles. The summed E-state index contributed by atoms with van der Waals surface area (Å²) in [5.41, 5.74) is -0.755. The number of anilines is 1. The van der Waals surface area contributed by atoms with Crippen LogP contribution in [0.25, 0.3) is 0 Å². The zero-order chi connectivity index (χ0) is 22.5. The highest BCUT2D eigenvalue weighted by Crippen LogP contribution is 2.50. The molecular weight excluding hydrogens is 477 g/mol. The number of hydrogen-bond donors (Lipinski definition) is 2. The molecule has 1 fully saturated rings. The lowest BCUT2D eigenvalue weighted by molar-refractivity contribution is -0.166. The SMILES string of the molecule is Cn1cc(S(=O)(=O)NC2(C(F)(F)F)CCS2)cc1C(=O)Nc1ccc(F)c(Cl)c1F. The Balaban J connectivity index is 1.86. The van der Waals surface area contributed by atoms with Gasteiger partial charge in [-0.1, -0.05) is 11.6 Å². The molecule has 0 spiro atoms. The number of nitrogens with one attached hydrogen (secondary N) is 2. The third-order valence-electron chi connectivity index (χ3n) is 4.37. The molecule has 3 rings (SSSR count). The lowest BCUT2D eigenvalue weighted by Gasteiger charge is -2.42. The minimum Gasteiger partial charge on any atom is -0.345 e. The quantitative estimate of drug-likeness (QED) is 0.493. The van der Waals surface area contributed by atoms with Gasteiger partial charge in [-0.2, -0.15) is 17.9 Å². The van der Waals surface area contributed by atoms with E-state index in [0.717, 1.165) is 29.0 Å². The maximum absolute atomic E-state index is 14.0. The number of amides is 1. The summed E-state index contributed by atoms with van der Waals surface area (Å²) in [5.74, 6) is -3.12. The highest BCUT2D eigenvalue weighted by Gasteiger charge is 2.61. The zero-order valence-corrected chi connectivity index (χ0v) is 17.4. The van der Waals surface area contributed by atoms with Crippen LogP contribution in [0.1, 0.15) is 16.9 Å². The van der Waals surface area contributed by atoms with Gasteiger partial charge in [0, 0.05) is 13.2 Å². The highest BCUT2D eigenvalue weighted by atomic mass is 35.5. The fraction of sp³-hybridized carbons (Fsp3) is 0.312. The Morgan fingerprint density at radius 1 is 1.30 bits per heavy atom. The van der Waals surface area contributed by atoms with E-state index in [-0.39, 0.29) is 11.4 Å². The van der Waals surface area contributed by atoms with Crippen molar-refractivity contribution >= 4 is 45.0 Å². The van der Waals surface area contributed by atoms with Gasteiger partial charge in [0.2, 0.25) is 10.0 Å². The minimum absolute atomic E-state index is 0.135. The number of thioether (sulfide) groups is 1. The molecule has 1 aromatic carbocycles. The number of benzene rings is 1. The van der Waals surface area contributed by atoms with E-state index in [1.807, 2.05) is 0 Å². The standard InChI is InChI=1S/C16H13ClF5N3O3S2/c1-25-7-8(30(27,28)24-15(4-5-29-15)16(20,21)22)6-11(25)14(26)23-10-3-2-9(18)12(17)13(10)19/h2-3,6-7,24H,4-5H2,1H3,(H,23,26). The maximum atomic E-state index is 14.0. The second kappa shape index (κ2) is 7.70. The number of carbonyl (C=O) groups is 1. The van der Waals surface area contributed by atoms with Gasteiger partial charge < -0.3 is 9.88 Å². The van der Waals surface area contributed by atoms with Gasteiger partial charge in [0.05, 0.1) is 5.69 Å². The average Bonchev–Trinajstić information content (AvgIpc) is 3.00. The molecule has 1 unspecified atom stereocenters. The summed E-state index contributed by atoms with van der Waals surface area (Å²) in [6.45, 7) is 0. The van der Waals surface area contributed by atoms with Gasteiger partial charge in [0.15, 0.2) is 10.7 Å². The Kier molecular flexibility index (Phi) is 5.86. The number of carbonyl (C=O) groups excluding carboxylic acids is 1. The molecule has 2 N–H and O–H groups in total. The predicted molar refractivity (Wildman–Crippen MR) is 101 cm³/mol. The molecule has 0 radical (unpaired) electrons. The number of aryl methyl sites for hydroxylation is 1. The Hall–Kier alpha value is -1.83. The van der Waals surface area contributed by atoms with Crippen molar-refractivity contribution in [1.29, 1.82) is 0 Å².